The molecule has 0 saturated carbocycles. The van der Waals surface area contributed by atoms with E-state index >= 15 is 0 Å². The number of nitrogen functional groups attached to an aromatic ring is 1. The van der Waals surface area contributed by atoms with Crippen LogP contribution in [0.2, 0.25) is 0 Å². The van der Waals surface area contributed by atoms with E-state index in [4.69, 9.17) is 20.2 Å². The Labute approximate surface area is 213 Å². The van der Waals surface area contributed by atoms with Crippen LogP contribution in [0.3, 0.4) is 0 Å². The number of fused-ring (bicyclic) bond motifs is 3. The minimum absolute atomic E-state index is 0.0633. The summed E-state index contributed by atoms with van der Waals surface area (Å²) in [5, 5.41) is 4.17. The predicted molar refractivity (Wildman–Crippen MR) is 136 cm³/mol. The largest absolute Gasteiger partial charge is 0.485 e. The highest BCUT2D eigenvalue weighted by molar-refractivity contribution is 5.97. The van der Waals surface area contributed by atoms with E-state index in [0.717, 1.165) is 66.3 Å². The quantitative estimate of drug-likeness (QED) is 0.460. The van der Waals surface area contributed by atoms with Crippen molar-refractivity contribution in [2.75, 3.05) is 42.3 Å². The molecule has 0 aliphatic carbocycles. The van der Waals surface area contributed by atoms with Crippen LogP contribution >= 0.6 is 0 Å². The third-order valence-corrected chi connectivity index (χ3v) is 7.48. The molecule has 0 amide bonds. The summed E-state index contributed by atoms with van der Waals surface area (Å²) in [4.78, 5) is 11.8. The molecule has 1 aromatic heterocycles. The second kappa shape index (κ2) is 7.86. The van der Waals surface area contributed by atoms with Gasteiger partial charge in [0.1, 0.15) is 23.0 Å². The molecule has 1 spiro atoms. The van der Waals surface area contributed by atoms with E-state index in [0.29, 0.717) is 23.6 Å². The van der Waals surface area contributed by atoms with Gasteiger partial charge in [0.05, 0.1) is 41.4 Å². The van der Waals surface area contributed by atoms with Crippen molar-refractivity contribution in [3.8, 4) is 5.75 Å². The molecule has 3 aromatic rings. The van der Waals surface area contributed by atoms with Crippen LogP contribution in [0.1, 0.15) is 49.3 Å². The van der Waals surface area contributed by atoms with Gasteiger partial charge >= 0.3 is 6.18 Å². The van der Waals surface area contributed by atoms with Crippen LogP contribution in [-0.2, 0) is 17.3 Å². The minimum Gasteiger partial charge on any atom is -0.485 e. The summed E-state index contributed by atoms with van der Waals surface area (Å²) in [5.74, 6) is 2.00. The normalized spacial score (nSPS) is 20.2. The second-order valence-electron chi connectivity index (χ2n) is 11.4. The molecule has 7 nitrogen and oxygen atoms in total. The van der Waals surface area contributed by atoms with Crippen molar-refractivity contribution in [1.29, 1.82) is 0 Å². The number of alkyl halides is 3. The van der Waals surface area contributed by atoms with E-state index in [1.807, 2.05) is 6.92 Å². The van der Waals surface area contributed by atoms with Gasteiger partial charge in [0.25, 0.3) is 0 Å². The van der Waals surface area contributed by atoms with Crippen LogP contribution < -0.4 is 20.7 Å². The number of aromatic nitrogens is 2. The standard InChI is InChI=1S/C27H30F3N5O2/c1-14(16-5-17(27(28,29)30)7-18(31)6-16)32-24-19-8-21(35-10-26(11-35)12-36-13-26)23-20(9-25(3,4)37-23)22(19)33-15(2)34-24/h5-8,14H,9-13,31H2,1-4H3,(H,32,33,34)/t14-/m1/s1. The number of nitrogens with one attached hydrogen (secondary N) is 1. The molecule has 3 aliphatic rings. The SMILES string of the molecule is Cc1nc(N[C@H](C)c2cc(N)cc(C(F)(F)F)c2)c2cc(N3CC4(COC4)C3)c3c(c2n1)CC(C)(C)O3. The first-order chi connectivity index (χ1) is 17.3. The third-order valence-electron chi connectivity index (χ3n) is 7.48. The molecule has 0 radical (unpaired) electrons. The third kappa shape index (κ3) is 4.11. The molecule has 2 aromatic carbocycles. The number of rotatable bonds is 4. The Kier molecular flexibility index (Phi) is 5.12. The van der Waals surface area contributed by atoms with Gasteiger partial charge < -0.3 is 25.4 Å². The highest BCUT2D eigenvalue weighted by Crippen LogP contribution is 2.51. The maximum absolute atomic E-state index is 13.4. The lowest BCUT2D eigenvalue weighted by molar-refractivity contribution is -0.137. The Balaban J connectivity index is 1.42. The first-order valence-corrected chi connectivity index (χ1v) is 12.4. The van der Waals surface area contributed by atoms with Gasteiger partial charge in [0, 0.05) is 36.1 Å². The van der Waals surface area contributed by atoms with Gasteiger partial charge in [-0.05, 0) is 57.5 Å². The lowest BCUT2D eigenvalue weighted by Gasteiger charge is -2.56. The van der Waals surface area contributed by atoms with Crippen molar-refractivity contribution in [3.05, 3.63) is 46.8 Å². The first kappa shape index (κ1) is 24.1. The summed E-state index contributed by atoms with van der Waals surface area (Å²) < 4.78 is 52.1. The maximum Gasteiger partial charge on any atom is 0.416 e. The zero-order chi connectivity index (χ0) is 26.3. The van der Waals surface area contributed by atoms with E-state index in [2.05, 4.69) is 35.1 Å². The Morgan fingerprint density at radius 2 is 1.84 bits per heavy atom. The average molecular weight is 514 g/mol. The summed E-state index contributed by atoms with van der Waals surface area (Å²) >= 11 is 0. The molecule has 4 heterocycles. The number of aryl methyl sites for hydroxylation is 1. The molecule has 37 heavy (non-hydrogen) atoms. The monoisotopic (exact) mass is 513 g/mol. The van der Waals surface area contributed by atoms with Crippen molar-refractivity contribution in [1.82, 2.24) is 9.97 Å². The summed E-state index contributed by atoms with van der Waals surface area (Å²) in [7, 11) is 0. The molecule has 10 heteroatoms. The topological polar surface area (TPSA) is 85.5 Å². The summed E-state index contributed by atoms with van der Waals surface area (Å²) in [6.07, 6.45) is -3.78. The zero-order valence-corrected chi connectivity index (χ0v) is 21.3. The number of benzene rings is 2. The van der Waals surface area contributed by atoms with E-state index in [-0.39, 0.29) is 16.7 Å². The zero-order valence-electron chi connectivity index (χ0n) is 21.3. The van der Waals surface area contributed by atoms with Crippen LogP contribution in [0.25, 0.3) is 10.9 Å². The summed E-state index contributed by atoms with van der Waals surface area (Å²) in [6, 6.07) is 5.21. The molecule has 6 rings (SSSR count). The van der Waals surface area contributed by atoms with Crippen LogP contribution in [-0.4, -0.2) is 41.9 Å². The van der Waals surface area contributed by atoms with Crippen molar-refractivity contribution < 1.29 is 22.6 Å². The fourth-order valence-electron chi connectivity index (χ4n) is 5.66. The molecule has 2 saturated heterocycles. The molecule has 196 valence electrons. The van der Waals surface area contributed by atoms with Crippen molar-refractivity contribution in [3.63, 3.8) is 0 Å². The van der Waals surface area contributed by atoms with Crippen LogP contribution in [0.5, 0.6) is 5.75 Å². The van der Waals surface area contributed by atoms with E-state index < -0.39 is 17.8 Å². The lowest BCUT2D eigenvalue weighted by Crippen LogP contribution is -2.66. The second-order valence-corrected chi connectivity index (χ2v) is 11.4. The van der Waals surface area contributed by atoms with E-state index in [1.165, 1.54) is 0 Å². The Hall–Kier alpha value is -3.27. The van der Waals surface area contributed by atoms with Crippen LogP contribution in [0.15, 0.2) is 24.3 Å². The molecular formula is C27H30F3N5O2. The Bertz CT molecular complexity index is 1410. The van der Waals surface area contributed by atoms with Gasteiger partial charge in [0.15, 0.2) is 0 Å². The van der Waals surface area contributed by atoms with Crippen molar-refractivity contribution in [2.24, 2.45) is 5.41 Å². The van der Waals surface area contributed by atoms with Crippen LogP contribution in [0.4, 0.5) is 30.4 Å². The molecular weight excluding hydrogens is 483 g/mol. The van der Waals surface area contributed by atoms with Crippen molar-refractivity contribution >= 4 is 28.1 Å². The smallest absolute Gasteiger partial charge is 0.416 e. The first-order valence-electron chi connectivity index (χ1n) is 12.4. The number of halogens is 3. The fourth-order valence-corrected chi connectivity index (χ4v) is 5.66. The van der Waals surface area contributed by atoms with Crippen LogP contribution in [0, 0.1) is 12.3 Å². The molecule has 3 aliphatic heterocycles. The average Bonchev–Trinajstić information content (AvgIpc) is 3.06. The van der Waals surface area contributed by atoms with Gasteiger partial charge in [-0.1, -0.05) is 0 Å². The maximum atomic E-state index is 13.4. The number of nitrogens with zero attached hydrogens (tertiary/aromatic N) is 3. The highest BCUT2D eigenvalue weighted by atomic mass is 19.4. The van der Waals surface area contributed by atoms with Gasteiger partial charge in [-0.25, -0.2) is 9.97 Å². The van der Waals surface area contributed by atoms with Crippen molar-refractivity contribution in [2.45, 2.75) is 51.9 Å². The Morgan fingerprint density at radius 3 is 2.49 bits per heavy atom. The number of nitrogens with two attached hydrogens (primary N) is 1. The van der Waals surface area contributed by atoms with Gasteiger partial charge in [-0.15, -0.1) is 0 Å². The Morgan fingerprint density at radius 1 is 1.11 bits per heavy atom. The number of ether oxygens (including phenoxy) is 2. The molecule has 0 bridgehead atoms. The number of anilines is 3. The molecule has 2 fully saturated rings. The predicted octanol–water partition coefficient (Wildman–Crippen LogP) is 5.26. The van der Waals surface area contributed by atoms with Gasteiger partial charge in [-0.2, -0.15) is 13.2 Å². The summed E-state index contributed by atoms with van der Waals surface area (Å²) in [5.41, 5.74) is 8.22. The minimum atomic E-state index is -4.48. The molecule has 0 unspecified atom stereocenters. The lowest BCUT2D eigenvalue weighted by atomic mass is 9.77. The van der Waals surface area contributed by atoms with E-state index in [9.17, 15) is 13.2 Å². The van der Waals surface area contributed by atoms with Gasteiger partial charge in [0.2, 0.25) is 0 Å². The number of hydrogen-bond donors (Lipinski definition) is 2. The summed E-state index contributed by atoms with van der Waals surface area (Å²) in [6.45, 7) is 11.1. The number of hydrogen-bond acceptors (Lipinski definition) is 7. The highest BCUT2D eigenvalue weighted by Gasteiger charge is 2.50. The molecule has 3 N–H and O–H groups in total. The van der Waals surface area contributed by atoms with Gasteiger partial charge in [-0.3, -0.25) is 0 Å². The fraction of sp³-hybridized carbons (Fsp3) is 0.481. The van der Waals surface area contributed by atoms with E-state index in [1.54, 1.807) is 13.0 Å². The molecule has 1 atom stereocenters.